The Balaban J connectivity index is 1.67. The molecule has 0 spiro atoms. The fourth-order valence-corrected chi connectivity index (χ4v) is 5.48. The maximum atomic E-state index is 13.9. The number of primary amides is 1. The minimum absolute atomic E-state index is 0.0199. The van der Waals surface area contributed by atoms with Gasteiger partial charge in [-0.1, -0.05) is 6.42 Å². The highest BCUT2D eigenvalue weighted by Gasteiger charge is 2.50. The van der Waals surface area contributed by atoms with Crippen molar-refractivity contribution in [2.45, 2.75) is 62.8 Å². The summed E-state index contributed by atoms with van der Waals surface area (Å²) in [6.07, 6.45) is 2.08. The summed E-state index contributed by atoms with van der Waals surface area (Å²) in [5.41, 5.74) is 1.90. The van der Waals surface area contributed by atoms with E-state index in [-0.39, 0.29) is 37.8 Å². The van der Waals surface area contributed by atoms with Gasteiger partial charge in [-0.3, -0.25) is 9.59 Å². The van der Waals surface area contributed by atoms with Crippen LogP contribution in [-0.2, 0) is 15.7 Å². The SMILES string of the molecule is N#Cc1ccc(OC2(C3C[C@@H](COCCC(N)=O)N(c4cn[nH]c(=O)c4C(F)(F)F)C3)CCCCC2)nc1. The molecule has 2 fully saturated rings. The van der Waals surface area contributed by atoms with Crippen LogP contribution in [0.15, 0.2) is 29.3 Å². The molecule has 2 aromatic heterocycles. The summed E-state index contributed by atoms with van der Waals surface area (Å²) in [7, 11) is 0. The van der Waals surface area contributed by atoms with Crippen LogP contribution in [0.5, 0.6) is 5.88 Å². The lowest BCUT2D eigenvalue weighted by atomic mass is 9.74. The highest BCUT2D eigenvalue weighted by atomic mass is 19.4. The summed E-state index contributed by atoms with van der Waals surface area (Å²) >= 11 is 0. The molecule has 2 atom stereocenters. The number of pyridine rings is 1. The molecule has 4 rings (SSSR count). The summed E-state index contributed by atoms with van der Waals surface area (Å²) in [6.45, 7) is 0.230. The number of alkyl halides is 3. The average molecular weight is 535 g/mol. The minimum atomic E-state index is -4.90. The van der Waals surface area contributed by atoms with Crippen LogP contribution >= 0.6 is 0 Å². The second-order valence-corrected chi connectivity index (χ2v) is 9.71. The molecule has 204 valence electrons. The van der Waals surface area contributed by atoms with Crippen LogP contribution in [-0.4, -0.2) is 52.5 Å². The van der Waals surface area contributed by atoms with Crippen molar-refractivity contribution in [1.29, 1.82) is 5.26 Å². The zero-order chi connectivity index (χ0) is 27.3. The number of nitriles is 1. The van der Waals surface area contributed by atoms with E-state index in [9.17, 15) is 22.8 Å². The van der Waals surface area contributed by atoms with Crippen LogP contribution in [0.1, 0.15) is 56.1 Å². The highest BCUT2D eigenvalue weighted by Crippen LogP contribution is 2.46. The van der Waals surface area contributed by atoms with Gasteiger partial charge in [0.25, 0.3) is 5.56 Å². The average Bonchev–Trinajstić information content (AvgIpc) is 3.31. The number of aromatic nitrogens is 3. The first-order valence-electron chi connectivity index (χ1n) is 12.5. The van der Waals surface area contributed by atoms with Gasteiger partial charge < -0.3 is 20.1 Å². The molecule has 1 saturated heterocycles. The topological polar surface area (TPSA) is 147 Å². The van der Waals surface area contributed by atoms with Crippen molar-refractivity contribution < 1.29 is 27.4 Å². The lowest BCUT2D eigenvalue weighted by Crippen LogP contribution is -2.47. The second-order valence-electron chi connectivity index (χ2n) is 9.71. The predicted octanol–water partition coefficient (Wildman–Crippen LogP) is 2.92. The van der Waals surface area contributed by atoms with Crippen molar-refractivity contribution in [2.75, 3.05) is 24.7 Å². The number of carbonyl (C=O) groups excluding carboxylic acids is 1. The second kappa shape index (κ2) is 11.4. The van der Waals surface area contributed by atoms with Gasteiger partial charge in [-0.25, -0.2) is 10.1 Å². The molecule has 1 amide bonds. The number of nitrogens with one attached hydrogen (secondary N) is 1. The summed E-state index contributed by atoms with van der Waals surface area (Å²) in [5, 5.41) is 14.6. The number of carbonyl (C=O) groups is 1. The number of amides is 1. The summed E-state index contributed by atoms with van der Waals surface area (Å²) in [6, 6.07) is 4.70. The van der Waals surface area contributed by atoms with E-state index in [1.165, 1.54) is 11.1 Å². The molecule has 0 aromatic carbocycles. The number of nitrogens with two attached hydrogens (primary N) is 1. The van der Waals surface area contributed by atoms with Crippen LogP contribution in [0.2, 0.25) is 0 Å². The van der Waals surface area contributed by atoms with Crippen molar-refractivity contribution in [3.05, 3.63) is 46.0 Å². The van der Waals surface area contributed by atoms with Gasteiger partial charge in [0.2, 0.25) is 11.8 Å². The smallest absolute Gasteiger partial charge is 0.423 e. The molecule has 3 heterocycles. The molecule has 0 bridgehead atoms. The van der Waals surface area contributed by atoms with Crippen LogP contribution < -0.4 is 20.9 Å². The lowest BCUT2D eigenvalue weighted by Gasteiger charge is -2.42. The van der Waals surface area contributed by atoms with Gasteiger partial charge in [0.05, 0.1) is 36.7 Å². The van der Waals surface area contributed by atoms with Crippen LogP contribution in [0.4, 0.5) is 18.9 Å². The van der Waals surface area contributed by atoms with E-state index in [4.69, 9.17) is 20.5 Å². The number of ether oxygens (including phenoxy) is 2. The Hall–Kier alpha value is -3.66. The molecule has 3 N–H and O–H groups in total. The molecule has 10 nitrogen and oxygen atoms in total. The number of hydrogen-bond acceptors (Lipinski definition) is 8. The summed E-state index contributed by atoms with van der Waals surface area (Å²) < 4.78 is 54.0. The number of aromatic amines is 1. The standard InChI is InChI=1S/C25H29F3N6O4/c26-25(27,28)22-19(13-32-33-23(22)36)34-14-17(10-18(34)15-37-9-6-20(30)35)24(7-2-1-3-8-24)38-21-5-4-16(11-29)12-31-21/h4-5,12-13,17-18H,1-3,6-10,14-15H2,(H2,30,35)(H,33,36)/t17?,18-/m0/s1. The third-order valence-corrected chi connectivity index (χ3v) is 7.26. The lowest BCUT2D eigenvalue weighted by molar-refractivity contribution is -0.138. The van der Waals surface area contributed by atoms with Crippen LogP contribution in [0, 0.1) is 17.2 Å². The molecule has 1 saturated carbocycles. The first-order chi connectivity index (χ1) is 18.1. The highest BCUT2D eigenvalue weighted by molar-refractivity contribution is 5.73. The van der Waals surface area contributed by atoms with E-state index in [2.05, 4.69) is 10.1 Å². The number of anilines is 1. The molecule has 2 aliphatic rings. The van der Waals surface area contributed by atoms with E-state index < -0.39 is 34.8 Å². The summed E-state index contributed by atoms with van der Waals surface area (Å²) in [4.78, 5) is 29.1. The Morgan fingerprint density at radius 3 is 2.66 bits per heavy atom. The molecule has 38 heavy (non-hydrogen) atoms. The van der Waals surface area contributed by atoms with E-state index in [0.717, 1.165) is 25.5 Å². The molecule has 2 aromatic rings. The van der Waals surface area contributed by atoms with Gasteiger partial charge in [0.15, 0.2) is 0 Å². The first kappa shape index (κ1) is 27.4. The normalized spacial score (nSPS) is 21.2. The van der Waals surface area contributed by atoms with Gasteiger partial charge in [0.1, 0.15) is 17.2 Å². The maximum Gasteiger partial charge on any atom is 0.423 e. The fourth-order valence-electron chi connectivity index (χ4n) is 5.48. The van der Waals surface area contributed by atoms with E-state index in [1.807, 2.05) is 11.2 Å². The van der Waals surface area contributed by atoms with Crippen molar-refractivity contribution >= 4 is 11.6 Å². The van der Waals surface area contributed by atoms with E-state index >= 15 is 0 Å². The largest absolute Gasteiger partial charge is 0.471 e. The Kier molecular flexibility index (Phi) is 8.20. The van der Waals surface area contributed by atoms with Gasteiger partial charge in [-0.2, -0.15) is 23.5 Å². The molecule has 1 aliphatic carbocycles. The summed E-state index contributed by atoms with van der Waals surface area (Å²) in [5.74, 6) is -0.424. The zero-order valence-electron chi connectivity index (χ0n) is 20.7. The molecule has 1 unspecified atom stereocenters. The number of halogens is 3. The first-order valence-corrected chi connectivity index (χ1v) is 12.5. The maximum absolute atomic E-state index is 13.9. The quantitative estimate of drug-likeness (QED) is 0.467. The van der Waals surface area contributed by atoms with Crippen molar-refractivity contribution in [3.8, 4) is 11.9 Å². The monoisotopic (exact) mass is 534 g/mol. The van der Waals surface area contributed by atoms with Crippen molar-refractivity contribution in [2.24, 2.45) is 11.7 Å². The van der Waals surface area contributed by atoms with E-state index in [1.54, 1.807) is 12.1 Å². The van der Waals surface area contributed by atoms with Crippen LogP contribution in [0.25, 0.3) is 0 Å². The number of H-pyrrole nitrogens is 1. The third kappa shape index (κ3) is 6.07. The van der Waals surface area contributed by atoms with Crippen molar-refractivity contribution in [3.63, 3.8) is 0 Å². The Morgan fingerprint density at radius 2 is 2.03 bits per heavy atom. The zero-order valence-corrected chi connectivity index (χ0v) is 20.7. The van der Waals surface area contributed by atoms with Crippen molar-refractivity contribution in [1.82, 2.24) is 15.2 Å². The molecule has 0 radical (unpaired) electrons. The molecule has 1 aliphatic heterocycles. The molecular weight excluding hydrogens is 505 g/mol. The number of hydrogen-bond donors (Lipinski definition) is 2. The fraction of sp³-hybridized carbons (Fsp3) is 0.560. The van der Waals surface area contributed by atoms with Gasteiger partial charge >= 0.3 is 6.18 Å². The Labute approximate surface area is 216 Å². The molecular formula is C25H29F3N6O4. The van der Waals surface area contributed by atoms with Gasteiger partial charge in [0, 0.05) is 31.1 Å². The molecule has 13 heteroatoms. The minimum Gasteiger partial charge on any atom is -0.471 e. The van der Waals surface area contributed by atoms with Crippen LogP contribution in [0.3, 0.4) is 0 Å². The predicted molar refractivity (Wildman–Crippen MR) is 129 cm³/mol. The third-order valence-electron chi connectivity index (χ3n) is 7.26. The Morgan fingerprint density at radius 1 is 1.26 bits per heavy atom. The van der Waals surface area contributed by atoms with Gasteiger partial charge in [-0.15, -0.1) is 0 Å². The van der Waals surface area contributed by atoms with E-state index in [0.29, 0.717) is 30.7 Å². The number of nitrogens with zero attached hydrogens (tertiary/aromatic N) is 4. The Bertz CT molecular complexity index is 1220. The van der Waals surface area contributed by atoms with Gasteiger partial charge in [-0.05, 0) is 38.2 Å². The number of rotatable bonds is 9.